The fourth-order valence-electron chi connectivity index (χ4n) is 3.84. The number of rotatable bonds is 8. The molecule has 1 heterocycles. The van der Waals surface area contributed by atoms with Crippen LogP contribution in [-0.4, -0.2) is 37.0 Å². The summed E-state index contributed by atoms with van der Waals surface area (Å²) < 4.78 is 0. The molecule has 1 saturated heterocycles. The summed E-state index contributed by atoms with van der Waals surface area (Å²) in [6, 6.07) is 20.2. The molecule has 1 fully saturated rings. The Morgan fingerprint density at radius 2 is 1.57 bits per heavy atom. The maximum atomic E-state index is 11.0. The lowest BCUT2D eigenvalue weighted by atomic mass is 10.0. The van der Waals surface area contributed by atoms with Crippen LogP contribution in [0, 0.1) is 0 Å². The third kappa shape index (κ3) is 5.72. The smallest absolute Gasteiger partial charge is 0.209 e. The van der Waals surface area contributed by atoms with Gasteiger partial charge in [0.1, 0.15) is 0 Å². The molecule has 1 amide bonds. The third-order valence-electron chi connectivity index (χ3n) is 5.60. The summed E-state index contributed by atoms with van der Waals surface area (Å²) in [5, 5.41) is 0. The topological polar surface area (TPSA) is 23.6 Å². The van der Waals surface area contributed by atoms with Crippen molar-refractivity contribution in [2.75, 3.05) is 24.5 Å². The van der Waals surface area contributed by atoms with E-state index in [9.17, 15) is 4.79 Å². The van der Waals surface area contributed by atoms with E-state index in [1.54, 1.807) is 0 Å². The van der Waals surface area contributed by atoms with Gasteiger partial charge in [-0.1, -0.05) is 54.1 Å². The van der Waals surface area contributed by atoms with Crippen LogP contribution in [0.25, 0.3) is 0 Å². The van der Waals surface area contributed by atoms with Gasteiger partial charge in [-0.3, -0.25) is 4.79 Å². The maximum Gasteiger partial charge on any atom is 0.209 e. The number of nitrogens with zero attached hydrogens (tertiary/aromatic N) is 2. The van der Waals surface area contributed by atoms with E-state index < -0.39 is 0 Å². The number of anilines is 1. The molecule has 2 aromatic rings. The van der Waals surface area contributed by atoms with Crippen molar-refractivity contribution in [1.82, 2.24) is 4.90 Å². The van der Waals surface area contributed by atoms with Gasteiger partial charge in [-0.25, -0.2) is 0 Å². The first-order valence-corrected chi connectivity index (χ1v) is 10.4. The standard InChI is InChI=1S/C25H32N2O/c1-21(2)14-19-27(25-15-17-26(20-28)18-16-25)24-12-10-23(11-13-24)9-8-22-6-4-3-5-7-22/h3-7,10-14,20,25H,8-9,15-19H2,1-2H3. The van der Waals surface area contributed by atoms with Crippen LogP contribution in [0.3, 0.4) is 0 Å². The van der Waals surface area contributed by atoms with Gasteiger partial charge in [-0.2, -0.15) is 0 Å². The van der Waals surface area contributed by atoms with Crippen molar-refractivity contribution >= 4 is 12.1 Å². The number of amides is 1. The van der Waals surface area contributed by atoms with E-state index in [0.29, 0.717) is 6.04 Å². The van der Waals surface area contributed by atoms with E-state index in [0.717, 1.165) is 51.7 Å². The fourth-order valence-corrected chi connectivity index (χ4v) is 3.84. The van der Waals surface area contributed by atoms with Crippen molar-refractivity contribution in [1.29, 1.82) is 0 Å². The SMILES string of the molecule is CC(C)=CCN(c1ccc(CCc2ccccc2)cc1)C1CCN(C=O)CC1. The molecule has 28 heavy (non-hydrogen) atoms. The molecule has 0 saturated carbocycles. The molecule has 148 valence electrons. The molecular weight excluding hydrogens is 344 g/mol. The van der Waals surface area contributed by atoms with E-state index in [-0.39, 0.29) is 0 Å². The summed E-state index contributed by atoms with van der Waals surface area (Å²) in [5.74, 6) is 0. The minimum atomic E-state index is 0.488. The van der Waals surface area contributed by atoms with E-state index in [4.69, 9.17) is 0 Å². The molecule has 0 aliphatic carbocycles. The van der Waals surface area contributed by atoms with Crippen molar-refractivity contribution in [2.45, 2.75) is 45.6 Å². The highest BCUT2D eigenvalue weighted by Crippen LogP contribution is 2.24. The molecule has 0 unspecified atom stereocenters. The van der Waals surface area contributed by atoms with E-state index in [1.807, 2.05) is 4.90 Å². The lowest BCUT2D eigenvalue weighted by Gasteiger charge is -2.38. The lowest BCUT2D eigenvalue weighted by molar-refractivity contribution is -0.119. The number of hydrogen-bond donors (Lipinski definition) is 0. The van der Waals surface area contributed by atoms with Gasteiger partial charge in [-0.05, 0) is 62.8 Å². The Hall–Kier alpha value is -2.55. The Labute approximate surface area is 169 Å². The number of carbonyl (C=O) groups excluding carboxylic acids is 1. The zero-order chi connectivity index (χ0) is 19.8. The molecule has 0 aromatic heterocycles. The number of piperidine rings is 1. The van der Waals surface area contributed by atoms with Gasteiger partial charge in [0, 0.05) is 31.4 Å². The summed E-state index contributed by atoms with van der Waals surface area (Å²) in [6.45, 7) is 6.94. The first kappa shape index (κ1) is 20.2. The maximum absolute atomic E-state index is 11.0. The molecule has 0 bridgehead atoms. The van der Waals surface area contributed by atoms with Crippen LogP contribution in [0.4, 0.5) is 5.69 Å². The van der Waals surface area contributed by atoms with Gasteiger partial charge in [0.05, 0.1) is 0 Å². The number of likely N-dealkylation sites (tertiary alicyclic amines) is 1. The highest BCUT2D eigenvalue weighted by atomic mass is 16.1. The molecule has 0 spiro atoms. The van der Waals surface area contributed by atoms with E-state index in [2.05, 4.69) is 79.4 Å². The van der Waals surface area contributed by atoms with Gasteiger partial charge >= 0.3 is 0 Å². The summed E-state index contributed by atoms with van der Waals surface area (Å²) in [5.41, 5.74) is 5.39. The average molecular weight is 377 g/mol. The molecule has 0 radical (unpaired) electrons. The number of aryl methyl sites for hydroxylation is 2. The van der Waals surface area contributed by atoms with E-state index >= 15 is 0 Å². The van der Waals surface area contributed by atoms with Gasteiger partial charge in [-0.15, -0.1) is 0 Å². The first-order chi connectivity index (χ1) is 13.7. The Morgan fingerprint density at radius 1 is 0.964 bits per heavy atom. The predicted octanol–water partition coefficient (Wildman–Crippen LogP) is 4.87. The molecule has 3 nitrogen and oxygen atoms in total. The van der Waals surface area contributed by atoms with Crippen molar-refractivity contribution in [2.24, 2.45) is 0 Å². The minimum Gasteiger partial charge on any atom is -0.365 e. The van der Waals surface area contributed by atoms with Crippen molar-refractivity contribution < 1.29 is 4.79 Å². The first-order valence-electron chi connectivity index (χ1n) is 10.4. The fraction of sp³-hybridized carbons (Fsp3) is 0.400. The quantitative estimate of drug-likeness (QED) is 0.485. The molecule has 3 rings (SSSR count). The van der Waals surface area contributed by atoms with Crippen molar-refractivity contribution in [3.63, 3.8) is 0 Å². The van der Waals surface area contributed by atoms with Crippen LogP contribution >= 0.6 is 0 Å². The van der Waals surface area contributed by atoms with Crippen molar-refractivity contribution in [3.05, 3.63) is 77.4 Å². The number of benzene rings is 2. The lowest BCUT2D eigenvalue weighted by Crippen LogP contribution is -2.44. The molecule has 1 aliphatic heterocycles. The number of hydrogen-bond acceptors (Lipinski definition) is 2. The second kappa shape index (κ2) is 10.1. The Kier molecular flexibility index (Phi) is 7.30. The summed E-state index contributed by atoms with van der Waals surface area (Å²) in [7, 11) is 0. The minimum absolute atomic E-state index is 0.488. The highest BCUT2D eigenvalue weighted by molar-refractivity contribution is 5.51. The summed E-state index contributed by atoms with van der Waals surface area (Å²) in [6.07, 6.45) is 7.49. The summed E-state index contributed by atoms with van der Waals surface area (Å²) >= 11 is 0. The van der Waals surface area contributed by atoms with Crippen LogP contribution < -0.4 is 4.90 Å². The normalized spacial score (nSPS) is 14.6. The number of carbonyl (C=O) groups is 1. The van der Waals surface area contributed by atoms with Crippen LogP contribution in [-0.2, 0) is 17.6 Å². The third-order valence-corrected chi connectivity index (χ3v) is 5.60. The predicted molar refractivity (Wildman–Crippen MR) is 118 cm³/mol. The Morgan fingerprint density at radius 3 is 2.14 bits per heavy atom. The Balaban J connectivity index is 1.67. The van der Waals surface area contributed by atoms with Gasteiger partial charge in [0.25, 0.3) is 0 Å². The number of allylic oxidation sites excluding steroid dienone is 1. The van der Waals surface area contributed by atoms with Crippen LogP contribution in [0.1, 0.15) is 37.8 Å². The molecule has 0 atom stereocenters. The van der Waals surface area contributed by atoms with Crippen LogP contribution in [0.15, 0.2) is 66.2 Å². The van der Waals surface area contributed by atoms with Crippen molar-refractivity contribution in [3.8, 4) is 0 Å². The molecule has 2 aromatic carbocycles. The second-order valence-electron chi connectivity index (χ2n) is 7.96. The monoisotopic (exact) mass is 376 g/mol. The van der Waals surface area contributed by atoms with Gasteiger partial charge in [0.2, 0.25) is 6.41 Å². The highest BCUT2D eigenvalue weighted by Gasteiger charge is 2.23. The average Bonchev–Trinajstić information content (AvgIpc) is 2.74. The van der Waals surface area contributed by atoms with Crippen LogP contribution in [0.5, 0.6) is 0 Å². The molecule has 3 heteroatoms. The molecule has 1 aliphatic rings. The van der Waals surface area contributed by atoms with Crippen LogP contribution in [0.2, 0.25) is 0 Å². The second-order valence-corrected chi connectivity index (χ2v) is 7.96. The largest absolute Gasteiger partial charge is 0.365 e. The molecular formula is C25H32N2O. The van der Waals surface area contributed by atoms with Gasteiger partial charge < -0.3 is 9.80 Å². The van der Waals surface area contributed by atoms with E-state index in [1.165, 1.54) is 22.4 Å². The van der Waals surface area contributed by atoms with Gasteiger partial charge in [0.15, 0.2) is 0 Å². The zero-order valence-corrected chi connectivity index (χ0v) is 17.2. The zero-order valence-electron chi connectivity index (χ0n) is 17.2. The molecule has 0 N–H and O–H groups in total. The Bertz CT molecular complexity index is 755. The summed E-state index contributed by atoms with van der Waals surface area (Å²) in [4.78, 5) is 15.4.